The van der Waals surface area contributed by atoms with Crippen LogP contribution >= 0.6 is 0 Å². The Labute approximate surface area is 145 Å². The van der Waals surface area contributed by atoms with Gasteiger partial charge in [0.25, 0.3) is 15.9 Å². The van der Waals surface area contributed by atoms with Crippen molar-refractivity contribution in [1.82, 2.24) is 5.32 Å². The number of halogens is 1. The molecular formula is C17H19FN2O4S. The molecule has 0 heterocycles. The second kappa shape index (κ2) is 8.09. The SMILES string of the molecule is CC[C@H](CO)NC(=O)c1ccccc1NS(=O)(=O)c1ccc(F)cc1. The lowest BCUT2D eigenvalue weighted by atomic mass is 10.1. The first-order valence-corrected chi connectivity index (χ1v) is 9.15. The second-order valence-electron chi connectivity index (χ2n) is 5.37. The van der Waals surface area contributed by atoms with E-state index in [4.69, 9.17) is 0 Å². The molecule has 0 aliphatic heterocycles. The average molecular weight is 366 g/mol. The normalized spacial score (nSPS) is 12.4. The highest BCUT2D eigenvalue weighted by Crippen LogP contribution is 2.20. The first kappa shape index (κ1) is 18.9. The third-order valence-corrected chi connectivity index (χ3v) is 4.97. The van der Waals surface area contributed by atoms with Gasteiger partial charge in [0.05, 0.1) is 28.8 Å². The van der Waals surface area contributed by atoms with Crippen LogP contribution in [0.5, 0.6) is 0 Å². The smallest absolute Gasteiger partial charge is 0.261 e. The van der Waals surface area contributed by atoms with E-state index in [2.05, 4.69) is 10.0 Å². The summed E-state index contributed by atoms with van der Waals surface area (Å²) < 4.78 is 40.1. The summed E-state index contributed by atoms with van der Waals surface area (Å²) in [5, 5.41) is 11.8. The number of amides is 1. The van der Waals surface area contributed by atoms with Crippen LogP contribution in [0, 0.1) is 5.82 Å². The number of aliphatic hydroxyl groups excluding tert-OH is 1. The zero-order chi connectivity index (χ0) is 18.4. The number of hydrogen-bond acceptors (Lipinski definition) is 4. The molecule has 3 N–H and O–H groups in total. The van der Waals surface area contributed by atoms with Gasteiger partial charge in [0, 0.05) is 0 Å². The van der Waals surface area contributed by atoms with E-state index in [1.165, 1.54) is 12.1 Å². The Kier molecular flexibility index (Phi) is 6.11. The summed E-state index contributed by atoms with van der Waals surface area (Å²) in [6, 6.07) is 10.1. The quantitative estimate of drug-likeness (QED) is 0.699. The van der Waals surface area contributed by atoms with Gasteiger partial charge in [-0.15, -0.1) is 0 Å². The molecule has 6 nitrogen and oxygen atoms in total. The molecule has 0 unspecified atom stereocenters. The van der Waals surface area contributed by atoms with Gasteiger partial charge in [-0.25, -0.2) is 12.8 Å². The maximum atomic E-state index is 13.0. The highest BCUT2D eigenvalue weighted by atomic mass is 32.2. The van der Waals surface area contributed by atoms with E-state index in [9.17, 15) is 22.7 Å². The van der Waals surface area contributed by atoms with Crippen LogP contribution in [0.4, 0.5) is 10.1 Å². The van der Waals surface area contributed by atoms with Crippen LogP contribution in [0.1, 0.15) is 23.7 Å². The Bertz CT molecular complexity index is 834. The Hall–Kier alpha value is -2.45. The molecule has 0 aromatic heterocycles. The van der Waals surface area contributed by atoms with Crippen LogP contribution < -0.4 is 10.0 Å². The van der Waals surface area contributed by atoms with E-state index < -0.39 is 27.8 Å². The van der Waals surface area contributed by atoms with E-state index in [1.54, 1.807) is 12.1 Å². The number of nitrogens with one attached hydrogen (secondary N) is 2. The van der Waals surface area contributed by atoms with Gasteiger partial charge < -0.3 is 10.4 Å². The summed E-state index contributed by atoms with van der Waals surface area (Å²) in [5.74, 6) is -1.05. The van der Waals surface area contributed by atoms with E-state index >= 15 is 0 Å². The number of para-hydroxylation sites is 1. The Morgan fingerprint density at radius 3 is 2.40 bits per heavy atom. The molecule has 0 aliphatic carbocycles. The Morgan fingerprint density at radius 1 is 1.16 bits per heavy atom. The molecule has 0 spiro atoms. The summed E-state index contributed by atoms with van der Waals surface area (Å²) in [6.07, 6.45) is 0.533. The maximum absolute atomic E-state index is 13.0. The third-order valence-electron chi connectivity index (χ3n) is 3.59. The first-order valence-electron chi connectivity index (χ1n) is 7.66. The van der Waals surface area contributed by atoms with Crippen molar-refractivity contribution in [2.24, 2.45) is 0 Å². The largest absolute Gasteiger partial charge is 0.394 e. The molecule has 134 valence electrons. The molecule has 8 heteroatoms. The number of rotatable bonds is 7. The van der Waals surface area contributed by atoms with Crippen LogP contribution in [0.2, 0.25) is 0 Å². The predicted molar refractivity (Wildman–Crippen MR) is 92.3 cm³/mol. The van der Waals surface area contributed by atoms with Crippen molar-refractivity contribution in [3.8, 4) is 0 Å². The zero-order valence-electron chi connectivity index (χ0n) is 13.6. The van der Waals surface area contributed by atoms with E-state index in [0.717, 1.165) is 24.3 Å². The Balaban J connectivity index is 2.28. The van der Waals surface area contributed by atoms with Gasteiger partial charge in [-0.3, -0.25) is 9.52 Å². The predicted octanol–water partition coefficient (Wildman–Crippen LogP) is 2.13. The fourth-order valence-corrected chi connectivity index (χ4v) is 3.21. The van der Waals surface area contributed by atoms with Gasteiger partial charge in [0.15, 0.2) is 0 Å². The second-order valence-corrected chi connectivity index (χ2v) is 7.05. The minimum atomic E-state index is -3.97. The minimum absolute atomic E-state index is 0.0946. The Morgan fingerprint density at radius 2 is 1.80 bits per heavy atom. The van der Waals surface area contributed by atoms with Crippen LogP contribution in [-0.4, -0.2) is 32.1 Å². The summed E-state index contributed by atoms with van der Waals surface area (Å²) in [7, 11) is -3.97. The monoisotopic (exact) mass is 366 g/mol. The number of hydrogen-bond donors (Lipinski definition) is 3. The molecule has 0 radical (unpaired) electrons. The number of carbonyl (C=O) groups excluding carboxylic acids is 1. The van der Waals surface area contributed by atoms with Crippen molar-refractivity contribution in [3.05, 3.63) is 59.9 Å². The fraction of sp³-hybridized carbons (Fsp3) is 0.235. The van der Waals surface area contributed by atoms with Crippen molar-refractivity contribution in [2.45, 2.75) is 24.3 Å². The lowest BCUT2D eigenvalue weighted by Gasteiger charge is -2.16. The van der Waals surface area contributed by atoms with E-state index in [0.29, 0.717) is 6.42 Å². The highest BCUT2D eigenvalue weighted by molar-refractivity contribution is 7.92. The lowest BCUT2D eigenvalue weighted by molar-refractivity contribution is 0.0916. The molecule has 1 amide bonds. The van der Waals surface area contributed by atoms with Crippen LogP contribution in [0.3, 0.4) is 0 Å². The molecule has 25 heavy (non-hydrogen) atoms. The zero-order valence-corrected chi connectivity index (χ0v) is 14.4. The average Bonchev–Trinajstić information content (AvgIpc) is 2.60. The van der Waals surface area contributed by atoms with Crippen molar-refractivity contribution >= 4 is 21.6 Å². The number of sulfonamides is 1. The molecule has 1 atom stereocenters. The van der Waals surface area contributed by atoms with Crippen molar-refractivity contribution in [2.75, 3.05) is 11.3 Å². The van der Waals surface area contributed by atoms with Gasteiger partial charge in [-0.1, -0.05) is 19.1 Å². The van der Waals surface area contributed by atoms with Gasteiger partial charge in [-0.2, -0.15) is 0 Å². The molecule has 2 rings (SSSR count). The molecule has 0 aliphatic rings. The molecule has 0 fully saturated rings. The molecular weight excluding hydrogens is 347 g/mol. The van der Waals surface area contributed by atoms with Gasteiger partial charge in [-0.05, 0) is 42.8 Å². The first-order chi connectivity index (χ1) is 11.9. The summed E-state index contributed by atoms with van der Waals surface area (Å²) in [5.41, 5.74) is 0.220. The molecule has 0 saturated carbocycles. The maximum Gasteiger partial charge on any atom is 0.261 e. The minimum Gasteiger partial charge on any atom is -0.394 e. The number of benzene rings is 2. The molecule has 2 aromatic carbocycles. The number of carbonyl (C=O) groups is 1. The van der Waals surface area contributed by atoms with Gasteiger partial charge in [0.1, 0.15) is 5.82 Å². The van der Waals surface area contributed by atoms with E-state index in [1.807, 2.05) is 6.92 Å². The molecule has 0 bridgehead atoms. The van der Waals surface area contributed by atoms with Crippen LogP contribution in [-0.2, 0) is 10.0 Å². The number of anilines is 1. The highest BCUT2D eigenvalue weighted by Gasteiger charge is 2.19. The van der Waals surface area contributed by atoms with Crippen molar-refractivity contribution < 1.29 is 22.7 Å². The number of aliphatic hydroxyl groups is 1. The van der Waals surface area contributed by atoms with E-state index in [-0.39, 0.29) is 22.8 Å². The van der Waals surface area contributed by atoms with Crippen LogP contribution in [0.15, 0.2) is 53.4 Å². The summed E-state index contributed by atoms with van der Waals surface area (Å²) in [6.45, 7) is 1.59. The fourth-order valence-electron chi connectivity index (χ4n) is 2.13. The van der Waals surface area contributed by atoms with Crippen molar-refractivity contribution in [1.29, 1.82) is 0 Å². The topological polar surface area (TPSA) is 95.5 Å². The van der Waals surface area contributed by atoms with Gasteiger partial charge >= 0.3 is 0 Å². The third kappa shape index (κ3) is 4.77. The lowest BCUT2D eigenvalue weighted by Crippen LogP contribution is -2.37. The summed E-state index contributed by atoms with van der Waals surface area (Å²) >= 11 is 0. The summed E-state index contributed by atoms with van der Waals surface area (Å²) in [4.78, 5) is 12.2. The molecule has 0 saturated heterocycles. The van der Waals surface area contributed by atoms with Gasteiger partial charge in [0.2, 0.25) is 0 Å². The standard InChI is InChI=1S/C17H19FN2O4S/c1-2-13(11-21)19-17(22)15-5-3-4-6-16(15)20-25(23,24)14-9-7-12(18)8-10-14/h3-10,13,20-21H,2,11H2,1H3,(H,19,22)/t13-/m1/s1. The van der Waals surface area contributed by atoms with Crippen LogP contribution in [0.25, 0.3) is 0 Å². The molecule has 2 aromatic rings. The van der Waals surface area contributed by atoms with Crippen molar-refractivity contribution in [3.63, 3.8) is 0 Å².